The molecular weight excluding hydrogens is 203 g/mol. The van der Waals surface area contributed by atoms with Gasteiger partial charge in [0.2, 0.25) is 0 Å². The third-order valence-electron chi connectivity index (χ3n) is 0.700. The van der Waals surface area contributed by atoms with Crippen LogP contribution in [0.3, 0.4) is 0 Å². The van der Waals surface area contributed by atoms with Crippen LogP contribution in [0.15, 0.2) is 0 Å². The molecule has 0 aromatic heterocycles. The van der Waals surface area contributed by atoms with Crippen LogP contribution in [-0.2, 0) is 9.53 Å². The van der Waals surface area contributed by atoms with Crippen LogP contribution in [0.25, 0.3) is 0 Å². The molecule has 0 aliphatic heterocycles. The lowest BCUT2D eigenvalue weighted by Crippen LogP contribution is -3.00. The van der Waals surface area contributed by atoms with Crippen LogP contribution in [0.1, 0.15) is 13.3 Å². The minimum atomic E-state index is -0.179. The lowest BCUT2D eigenvalue weighted by molar-refractivity contribution is -0.140. The van der Waals surface area contributed by atoms with Crippen LogP contribution < -0.4 is 17.0 Å². The van der Waals surface area contributed by atoms with E-state index in [0.29, 0.717) is 6.61 Å². The fourth-order valence-corrected chi connectivity index (χ4v) is 0.522. The number of hydrogen-bond acceptors (Lipinski definition) is 2. The molecule has 9 heavy (non-hydrogen) atoms. The van der Waals surface area contributed by atoms with E-state index in [0.717, 1.165) is 12.6 Å². The highest BCUT2D eigenvalue weighted by atomic mass is 79.9. The molecule has 0 aliphatic rings. The molecule has 0 aliphatic carbocycles. The molecular formula is C5H12BrO2P. The number of ether oxygens (including phenoxy) is 1. The summed E-state index contributed by atoms with van der Waals surface area (Å²) in [4.78, 5) is 10.1. The molecule has 0 fully saturated rings. The number of carbonyl (C=O) groups is 1. The highest BCUT2D eigenvalue weighted by Gasteiger charge is 1.89. The van der Waals surface area contributed by atoms with Gasteiger partial charge in [0, 0.05) is 13.3 Å². The monoisotopic (exact) mass is 214 g/mol. The minimum Gasteiger partial charge on any atom is -1.00 e. The molecule has 0 radical (unpaired) electrons. The number of carbonyl (C=O) groups excluding carboxylic acids is 1. The summed E-state index contributed by atoms with van der Waals surface area (Å²) >= 11 is 0. The van der Waals surface area contributed by atoms with Gasteiger partial charge in [0.25, 0.3) is 0 Å². The average Bonchev–Trinajstić information content (AvgIpc) is 1.66. The van der Waals surface area contributed by atoms with Crippen molar-refractivity contribution in [2.45, 2.75) is 13.3 Å². The van der Waals surface area contributed by atoms with Crippen LogP contribution >= 0.6 is 9.24 Å². The number of halogens is 1. The van der Waals surface area contributed by atoms with Crippen LogP contribution in [0.5, 0.6) is 0 Å². The fourth-order valence-electron chi connectivity index (χ4n) is 0.318. The summed E-state index contributed by atoms with van der Waals surface area (Å²) in [6, 6.07) is 0. The first-order chi connectivity index (χ1) is 3.77. The van der Waals surface area contributed by atoms with Crippen LogP contribution in [-0.4, -0.2) is 18.7 Å². The molecule has 0 aromatic rings. The van der Waals surface area contributed by atoms with E-state index in [4.69, 9.17) is 0 Å². The molecule has 0 spiro atoms. The Balaban J connectivity index is 0. The molecule has 0 N–H and O–H groups in total. The van der Waals surface area contributed by atoms with Crippen LogP contribution in [0.4, 0.5) is 0 Å². The largest absolute Gasteiger partial charge is 1.00 e. The van der Waals surface area contributed by atoms with E-state index < -0.39 is 0 Å². The van der Waals surface area contributed by atoms with E-state index in [1.165, 1.54) is 6.92 Å². The van der Waals surface area contributed by atoms with Crippen molar-refractivity contribution in [3.8, 4) is 0 Å². The lowest BCUT2D eigenvalue weighted by atomic mass is 10.5. The molecule has 0 aromatic carbocycles. The maximum absolute atomic E-state index is 10.1. The van der Waals surface area contributed by atoms with E-state index in [1.807, 2.05) is 9.24 Å². The Bertz CT molecular complexity index is 77.4. The first kappa shape index (κ1) is 12.1. The van der Waals surface area contributed by atoms with Gasteiger partial charge in [0.1, 0.15) is 0 Å². The van der Waals surface area contributed by atoms with E-state index >= 15 is 0 Å². The van der Waals surface area contributed by atoms with Gasteiger partial charge in [0.15, 0.2) is 0 Å². The minimum absolute atomic E-state index is 0. The SMILES string of the molecule is CC(=O)OCCC[PH3+].[Br-]. The maximum atomic E-state index is 10.1. The summed E-state index contributed by atoms with van der Waals surface area (Å²) in [7, 11) is 1.89. The zero-order chi connectivity index (χ0) is 6.41. The Morgan fingerprint density at radius 1 is 1.67 bits per heavy atom. The van der Waals surface area contributed by atoms with Crippen LogP contribution in [0.2, 0.25) is 0 Å². The fraction of sp³-hybridized carbons (Fsp3) is 0.800. The van der Waals surface area contributed by atoms with Crippen molar-refractivity contribution >= 4 is 15.2 Å². The van der Waals surface area contributed by atoms with Gasteiger partial charge in [-0.15, -0.1) is 0 Å². The van der Waals surface area contributed by atoms with Gasteiger partial charge in [-0.05, 0) is 9.24 Å². The third-order valence-corrected chi connectivity index (χ3v) is 1.20. The first-order valence-corrected chi connectivity index (χ1v) is 3.70. The highest BCUT2D eigenvalue weighted by Crippen LogP contribution is 1.88. The predicted octanol–water partition coefficient (Wildman–Crippen LogP) is -2.45. The molecule has 0 bridgehead atoms. The van der Waals surface area contributed by atoms with Gasteiger partial charge in [-0.2, -0.15) is 0 Å². The second-order valence-corrected chi connectivity index (χ2v) is 2.25. The maximum Gasteiger partial charge on any atom is 0.302 e. The van der Waals surface area contributed by atoms with E-state index in [-0.39, 0.29) is 23.0 Å². The Kier molecular flexibility index (Phi) is 11.3. The molecule has 0 rings (SSSR count). The summed E-state index contributed by atoms with van der Waals surface area (Å²) in [6.07, 6.45) is 2.09. The smallest absolute Gasteiger partial charge is 0.302 e. The number of rotatable bonds is 3. The van der Waals surface area contributed by atoms with E-state index in [9.17, 15) is 4.79 Å². The molecule has 56 valence electrons. The van der Waals surface area contributed by atoms with Gasteiger partial charge in [-0.1, -0.05) is 0 Å². The van der Waals surface area contributed by atoms with Crippen molar-refractivity contribution in [3.05, 3.63) is 0 Å². The van der Waals surface area contributed by atoms with Crippen molar-refractivity contribution in [2.75, 3.05) is 12.8 Å². The highest BCUT2D eigenvalue weighted by molar-refractivity contribution is 7.16. The summed E-state index contributed by atoms with van der Waals surface area (Å²) in [6.45, 7) is 2.01. The second-order valence-electron chi connectivity index (χ2n) is 1.55. The lowest BCUT2D eigenvalue weighted by Gasteiger charge is -1.95. The normalized spacial score (nSPS) is 8.11. The molecule has 0 amide bonds. The molecule has 1 unspecified atom stereocenters. The Morgan fingerprint density at radius 2 is 2.22 bits per heavy atom. The first-order valence-electron chi connectivity index (χ1n) is 2.70. The zero-order valence-corrected chi connectivity index (χ0v) is 8.52. The summed E-state index contributed by atoms with van der Waals surface area (Å²) in [5.74, 6) is -0.179. The quantitative estimate of drug-likeness (QED) is 0.297. The molecule has 0 saturated carbocycles. The molecule has 4 heteroatoms. The van der Waals surface area contributed by atoms with E-state index in [1.54, 1.807) is 0 Å². The van der Waals surface area contributed by atoms with E-state index in [2.05, 4.69) is 4.74 Å². The molecule has 1 atom stereocenters. The predicted molar refractivity (Wildman–Crippen MR) is 37.2 cm³/mol. The van der Waals surface area contributed by atoms with Crippen molar-refractivity contribution in [1.29, 1.82) is 0 Å². The average molecular weight is 215 g/mol. The topological polar surface area (TPSA) is 26.3 Å². The van der Waals surface area contributed by atoms with Gasteiger partial charge in [0.05, 0.1) is 12.8 Å². The summed E-state index contributed by atoms with van der Waals surface area (Å²) < 4.78 is 4.65. The molecule has 0 heterocycles. The molecule has 0 saturated heterocycles. The van der Waals surface area contributed by atoms with Gasteiger partial charge >= 0.3 is 5.97 Å². The van der Waals surface area contributed by atoms with Gasteiger partial charge in [-0.25, -0.2) is 0 Å². The Labute approximate surface area is 68.3 Å². The third kappa shape index (κ3) is 11.8. The second kappa shape index (κ2) is 8.38. The van der Waals surface area contributed by atoms with Crippen LogP contribution in [0, 0.1) is 0 Å². The number of hydrogen-bond donors (Lipinski definition) is 0. The van der Waals surface area contributed by atoms with Crippen molar-refractivity contribution in [3.63, 3.8) is 0 Å². The summed E-state index contributed by atoms with van der Waals surface area (Å²) in [5, 5.41) is 0. The van der Waals surface area contributed by atoms with Crippen molar-refractivity contribution in [2.24, 2.45) is 0 Å². The summed E-state index contributed by atoms with van der Waals surface area (Å²) in [5.41, 5.74) is 0. The van der Waals surface area contributed by atoms with Gasteiger partial charge < -0.3 is 21.7 Å². The number of esters is 1. The van der Waals surface area contributed by atoms with Crippen molar-refractivity contribution in [1.82, 2.24) is 0 Å². The molecule has 2 nitrogen and oxygen atoms in total. The standard InChI is InChI=1S/C5H11O2P.BrH/c1-5(6)7-3-2-4-8;/h2-4,8H2,1H3;1H. The Morgan fingerprint density at radius 3 is 2.56 bits per heavy atom. The Hall–Kier alpha value is 0.380. The van der Waals surface area contributed by atoms with Gasteiger partial charge in [-0.3, -0.25) is 4.79 Å². The zero-order valence-electron chi connectivity index (χ0n) is 5.52. The van der Waals surface area contributed by atoms with Crippen molar-refractivity contribution < 1.29 is 26.5 Å².